The van der Waals surface area contributed by atoms with Crippen LogP contribution in [0.1, 0.15) is 18.1 Å². The highest BCUT2D eigenvalue weighted by molar-refractivity contribution is 6.35. The van der Waals surface area contributed by atoms with Crippen LogP contribution in [0.2, 0.25) is 10.0 Å². The molecule has 3 rings (SSSR count). The van der Waals surface area contributed by atoms with E-state index in [1.165, 1.54) is 18.5 Å². The van der Waals surface area contributed by atoms with E-state index in [4.69, 9.17) is 23.2 Å². The molecule has 1 atom stereocenters. The van der Waals surface area contributed by atoms with Gasteiger partial charge in [0.05, 0.1) is 0 Å². The predicted octanol–water partition coefficient (Wildman–Crippen LogP) is 4.26. The van der Waals surface area contributed by atoms with Crippen molar-refractivity contribution in [3.8, 4) is 0 Å². The molecule has 3 aromatic rings. The molecular weight excluding hydrogens is 350 g/mol. The Labute approximate surface area is 149 Å². The van der Waals surface area contributed by atoms with E-state index in [9.17, 15) is 4.39 Å². The standard InChI is InChI=1S/C17H15Cl2FN4/c1-17(12-3-6-14(20)7-4-12,23(2)24-11-21-10-22-24)15-8-5-13(18)9-16(15)19/h3-11H,1-2H3. The molecular formula is C17H15Cl2FN4. The fourth-order valence-electron chi connectivity index (χ4n) is 2.74. The Balaban J connectivity index is 2.22. The smallest absolute Gasteiger partial charge is 0.139 e. The average molecular weight is 365 g/mol. The SMILES string of the molecule is CN(n1cncn1)C(C)(c1ccc(F)cc1)c1ccc(Cl)cc1Cl. The molecule has 7 heteroatoms. The monoisotopic (exact) mass is 364 g/mol. The summed E-state index contributed by atoms with van der Waals surface area (Å²) in [6, 6.07) is 11.6. The van der Waals surface area contributed by atoms with Crippen molar-refractivity contribution in [2.24, 2.45) is 0 Å². The van der Waals surface area contributed by atoms with Crippen molar-refractivity contribution in [3.63, 3.8) is 0 Å². The largest absolute Gasteiger partial charge is 0.284 e. The van der Waals surface area contributed by atoms with Crippen molar-refractivity contribution in [1.82, 2.24) is 14.9 Å². The van der Waals surface area contributed by atoms with Gasteiger partial charge in [0.25, 0.3) is 0 Å². The molecule has 0 aliphatic carbocycles. The third-order valence-electron chi connectivity index (χ3n) is 4.22. The second-order valence-electron chi connectivity index (χ2n) is 5.54. The van der Waals surface area contributed by atoms with Crippen molar-refractivity contribution in [2.75, 3.05) is 12.1 Å². The third-order valence-corrected chi connectivity index (χ3v) is 4.77. The first kappa shape index (κ1) is 16.7. The van der Waals surface area contributed by atoms with E-state index < -0.39 is 5.54 Å². The lowest BCUT2D eigenvalue weighted by molar-refractivity contribution is 0.413. The van der Waals surface area contributed by atoms with Crippen LogP contribution in [0.15, 0.2) is 55.1 Å². The average Bonchev–Trinajstić information content (AvgIpc) is 3.08. The molecule has 0 aliphatic rings. The van der Waals surface area contributed by atoms with Crippen molar-refractivity contribution in [3.05, 3.63) is 82.1 Å². The van der Waals surface area contributed by atoms with E-state index in [0.717, 1.165) is 11.1 Å². The molecule has 0 spiro atoms. The van der Waals surface area contributed by atoms with Gasteiger partial charge in [-0.2, -0.15) is 4.79 Å². The van der Waals surface area contributed by atoms with Crippen LogP contribution in [0, 0.1) is 5.82 Å². The maximum atomic E-state index is 13.4. The number of hydrogen-bond donors (Lipinski definition) is 0. The van der Waals surface area contributed by atoms with Crippen LogP contribution in [0.25, 0.3) is 0 Å². The van der Waals surface area contributed by atoms with Gasteiger partial charge in [-0.05, 0) is 36.8 Å². The molecule has 1 aromatic heterocycles. The van der Waals surface area contributed by atoms with E-state index >= 15 is 0 Å². The molecule has 0 fully saturated rings. The summed E-state index contributed by atoms with van der Waals surface area (Å²) in [5, 5.41) is 7.13. The molecule has 0 N–H and O–H groups in total. The van der Waals surface area contributed by atoms with Crippen LogP contribution in [0.5, 0.6) is 0 Å². The zero-order valence-corrected chi connectivity index (χ0v) is 14.6. The Morgan fingerprint density at radius 3 is 2.42 bits per heavy atom. The molecule has 2 aromatic carbocycles. The van der Waals surface area contributed by atoms with Crippen molar-refractivity contribution in [2.45, 2.75) is 12.5 Å². The van der Waals surface area contributed by atoms with Crippen LogP contribution in [0.4, 0.5) is 4.39 Å². The Hall–Kier alpha value is -2.11. The van der Waals surface area contributed by atoms with Gasteiger partial charge in [-0.1, -0.05) is 41.4 Å². The zero-order valence-electron chi connectivity index (χ0n) is 13.1. The van der Waals surface area contributed by atoms with Gasteiger partial charge in [-0.15, -0.1) is 5.10 Å². The second-order valence-corrected chi connectivity index (χ2v) is 6.39. The van der Waals surface area contributed by atoms with Crippen LogP contribution >= 0.6 is 23.2 Å². The van der Waals surface area contributed by atoms with Crippen LogP contribution in [0.3, 0.4) is 0 Å². The fraction of sp³-hybridized carbons (Fsp3) is 0.176. The van der Waals surface area contributed by atoms with Crippen LogP contribution in [-0.4, -0.2) is 21.9 Å². The Kier molecular flexibility index (Phi) is 4.47. The molecule has 0 saturated carbocycles. The summed E-state index contributed by atoms with van der Waals surface area (Å²) in [6.45, 7) is 1.98. The number of aromatic nitrogens is 3. The molecule has 4 nitrogen and oxygen atoms in total. The van der Waals surface area contributed by atoms with Gasteiger partial charge in [0.15, 0.2) is 0 Å². The first-order chi connectivity index (χ1) is 11.4. The zero-order chi connectivity index (χ0) is 17.3. The van der Waals surface area contributed by atoms with Gasteiger partial charge in [0.2, 0.25) is 0 Å². The minimum absolute atomic E-state index is 0.299. The lowest BCUT2D eigenvalue weighted by Gasteiger charge is -2.41. The molecule has 24 heavy (non-hydrogen) atoms. The summed E-state index contributed by atoms with van der Waals surface area (Å²) in [7, 11) is 1.86. The van der Waals surface area contributed by atoms with E-state index in [0.29, 0.717) is 10.0 Å². The molecule has 0 saturated heterocycles. The van der Waals surface area contributed by atoms with E-state index in [1.807, 2.05) is 25.0 Å². The van der Waals surface area contributed by atoms with Gasteiger partial charge >= 0.3 is 0 Å². The quantitative estimate of drug-likeness (QED) is 0.693. The van der Waals surface area contributed by atoms with E-state index in [1.54, 1.807) is 35.4 Å². The number of hydrogen-bond acceptors (Lipinski definition) is 3. The lowest BCUT2D eigenvalue weighted by atomic mass is 9.84. The lowest BCUT2D eigenvalue weighted by Crippen LogP contribution is -2.49. The van der Waals surface area contributed by atoms with Gasteiger partial charge in [-0.25, -0.2) is 9.37 Å². The normalized spacial score (nSPS) is 13.5. The molecule has 1 unspecified atom stereocenters. The molecule has 0 bridgehead atoms. The summed E-state index contributed by atoms with van der Waals surface area (Å²) in [5.74, 6) is -0.299. The predicted molar refractivity (Wildman–Crippen MR) is 93.5 cm³/mol. The number of halogens is 3. The maximum Gasteiger partial charge on any atom is 0.139 e. The highest BCUT2D eigenvalue weighted by Crippen LogP contribution is 2.38. The van der Waals surface area contributed by atoms with Gasteiger partial charge in [-0.3, -0.25) is 5.01 Å². The molecule has 124 valence electrons. The van der Waals surface area contributed by atoms with Crippen LogP contribution < -0.4 is 5.01 Å². The first-order valence-corrected chi connectivity index (χ1v) is 7.99. The maximum absolute atomic E-state index is 13.4. The van der Waals surface area contributed by atoms with Crippen molar-refractivity contribution >= 4 is 23.2 Å². The molecule has 1 heterocycles. The molecule has 0 radical (unpaired) electrons. The van der Waals surface area contributed by atoms with E-state index in [-0.39, 0.29) is 5.82 Å². The summed E-state index contributed by atoms with van der Waals surface area (Å²) in [6.07, 6.45) is 3.04. The van der Waals surface area contributed by atoms with E-state index in [2.05, 4.69) is 10.1 Å². The van der Waals surface area contributed by atoms with Gasteiger partial charge in [0.1, 0.15) is 24.0 Å². The summed E-state index contributed by atoms with van der Waals surface area (Å²) in [4.78, 5) is 5.60. The number of benzene rings is 2. The Morgan fingerprint density at radius 1 is 1.12 bits per heavy atom. The van der Waals surface area contributed by atoms with Crippen molar-refractivity contribution in [1.29, 1.82) is 0 Å². The molecule has 0 aliphatic heterocycles. The van der Waals surface area contributed by atoms with Crippen LogP contribution in [-0.2, 0) is 5.54 Å². The highest BCUT2D eigenvalue weighted by Gasteiger charge is 2.36. The van der Waals surface area contributed by atoms with Gasteiger partial charge < -0.3 is 0 Å². The summed E-state index contributed by atoms with van der Waals surface area (Å²) >= 11 is 12.5. The number of nitrogens with zero attached hydrogens (tertiary/aromatic N) is 4. The highest BCUT2D eigenvalue weighted by atomic mass is 35.5. The summed E-state index contributed by atoms with van der Waals surface area (Å²) in [5.41, 5.74) is 0.951. The Bertz CT molecular complexity index is 836. The number of rotatable bonds is 4. The first-order valence-electron chi connectivity index (χ1n) is 7.23. The molecule has 0 amide bonds. The minimum Gasteiger partial charge on any atom is -0.284 e. The fourth-order valence-corrected chi connectivity index (χ4v) is 3.33. The Morgan fingerprint density at radius 2 is 1.83 bits per heavy atom. The summed E-state index contributed by atoms with van der Waals surface area (Å²) < 4.78 is 13.4. The van der Waals surface area contributed by atoms with Crippen molar-refractivity contribution < 1.29 is 4.39 Å². The topological polar surface area (TPSA) is 34.0 Å². The minimum atomic E-state index is -0.719. The van der Waals surface area contributed by atoms with Gasteiger partial charge in [0, 0.05) is 22.7 Å². The second kappa shape index (κ2) is 6.42. The third kappa shape index (κ3) is 2.85.